The van der Waals surface area contributed by atoms with E-state index in [-0.39, 0.29) is 32.2 Å². The lowest BCUT2D eigenvalue weighted by molar-refractivity contribution is -0.870. The highest BCUT2D eigenvalue weighted by Crippen LogP contribution is 2.12. The number of likely N-dealkylation sites (N-methyl/N-ethyl adjacent to an activating group) is 1. The predicted molar refractivity (Wildman–Crippen MR) is 198 cm³/mol. The summed E-state index contributed by atoms with van der Waals surface area (Å²) in [4.78, 5) is 36.8. The second kappa shape index (κ2) is 32.5. The molecular formula is C40H70NO8+. The van der Waals surface area contributed by atoms with Gasteiger partial charge in [-0.25, -0.2) is 4.79 Å². The van der Waals surface area contributed by atoms with E-state index >= 15 is 0 Å². The van der Waals surface area contributed by atoms with Gasteiger partial charge in [0.25, 0.3) is 6.29 Å². The minimum atomic E-state index is -1.52. The van der Waals surface area contributed by atoms with Crippen molar-refractivity contribution in [2.24, 2.45) is 0 Å². The fourth-order valence-corrected chi connectivity index (χ4v) is 4.65. The molecule has 0 amide bonds. The number of allylic oxidation sites excluding steroid dienone is 8. The minimum absolute atomic E-state index is 0.178. The van der Waals surface area contributed by atoms with Gasteiger partial charge in [-0.2, -0.15) is 0 Å². The molecule has 0 aromatic rings. The van der Waals surface area contributed by atoms with Crippen LogP contribution < -0.4 is 0 Å². The average Bonchev–Trinajstić information content (AvgIpc) is 3.05. The molecule has 0 aromatic heterocycles. The highest BCUT2D eigenvalue weighted by molar-refractivity contribution is 5.71. The van der Waals surface area contributed by atoms with Crippen LogP contribution in [0, 0.1) is 0 Å². The molecule has 0 spiro atoms. The molecule has 2 atom stereocenters. The first-order valence-electron chi connectivity index (χ1n) is 18.8. The van der Waals surface area contributed by atoms with Crippen molar-refractivity contribution in [1.82, 2.24) is 0 Å². The van der Waals surface area contributed by atoms with Crippen LogP contribution in [0.5, 0.6) is 0 Å². The molecule has 0 saturated carbocycles. The number of aliphatic carboxylic acids is 1. The zero-order chi connectivity index (χ0) is 36.4. The highest BCUT2D eigenvalue weighted by atomic mass is 16.7. The summed E-state index contributed by atoms with van der Waals surface area (Å²) < 4.78 is 22.5. The topological polar surface area (TPSA) is 108 Å². The third-order valence-corrected chi connectivity index (χ3v) is 7.60. The van der Waals surface area contributed by atoms with E-state index in [0.29, 0.717) is 23.9 Å². The van der Waals surface area contributed by atoms with Crippen LogP contribution in [-0.2, 0) is 33.3 Å². The Hall–Kier alpha value is -2.75. The van der Waals surface area contributed by atoms with E-state index in [0.717, 1.165) is 57.8 Å². The molecule has 0 heterocycles. The number of carboxylic acids is 1. The normalized spacial score (nSPS) is 13.6. The highest BCUT2D eigenvalue weighted by Gasteiger charge is 2.25. The van der Waals surface area contributed by atoms with Crippen LogP contribution in [0.1, 0.15) is 129 Å². The molecule has 1 N–H and O–H groups in total. The number of hydrogen-bond donors (Lipinski definition) is 1. The Bertz CT molecular complexity index is 950. The number of nitrogens with zero attached hydrogens (tertiary/aromatic N) is 1. The summed E-state index contributed by atoms with van der Waals surface area (Å²) in [7, 11) is 5.92. The lowest BCUT2D eigenvalue weighted by Crippen LogP contribution is -2.40. The number of ether oxygens (including phenoxy) is 4. The van der Waals surface area contributed by atoms with Gasteiger partial charge in [0.2, 0.25) is 0 Å². The molecule has 0 bridgehead atoms. The van der Waals surface area contributed by atoms with Crippen LogP contribution in [-0.4, -0.2) is 87.4 Å². The van der Waals surface area contributed by atoms with Gasteiger partial charge in [0, 0.05) is 12.8 Å². The number of quaternary nitrogens is 1. The molecule has 282 valence electrons. The number of rotatable bonds is 33. The summed E-state index contributed by atoms with van der Waals surface area (Å²) in [6.45, 7) is 4.65. The van der Waals surface area contributed by atoms with Crippen molar-refractivity contribution in [1.29, 1.82) is 0 Å². The summed E-state index contributed by atoms with van der Waals surface area (Å²) in [5, 5.41) is 9.57. The van der Waals surface area contributed by atoms with Crippen molar-refractivity contribution in [3.63, 3.8) is 0 Å². The standard InChI is InChI=1S/C40H69NO8/c1-6-8-10-12-14-16-17-18-19-20-21-23-25-27-29-31-38(43)49-36(35-48-40(39(44)45)46-33-32-41(3,4)5)34-47-37(42)30-28-26-24-22-15-13-11-9-7-2/h8,10,14,16,18-19,21,23,36,40H,6-7,9,11-13,15,17,20,22,24-35H2,1-5H3/p+1/b10-8-,16-14-,19-18-,23-21-. The second-order valence-electron chi connectivity index (χ2n) is 13.5. The van der Waals surface area contributed by atoms with Crippen molar-refractivity contribution < 1.29 is 42.9 Å². The molecule has 0 radical (unpaired) electrons. The fraction of sp³-hybridized carbons (Fsp3) is 0.725. The van der Waals surface area contributed by atoms with Gasteiger partial charge >= 0.3 is 17.9 Å². The van der Waals surface area contributed by atoms with Crippen molar-refractivity contribution in [3.05, 3.63) is 48.6 Å². The summed E-state index contributed by atoms with van der Waals surface area (Å²) in [5.41, 5.74) is 0. The zero-order valence-electron chi connectivity index (χ0n) is 31.6. The van der Waals surface area contributed by atoms with Crippen LogP contribution in [0.25, 0.3) is 0 Å². The molecular weight excluding hydrogens is 622 g/mol. The average molecular weight is 693 g/mol. The molecule has 0 aliphatic heterocycles. The van der Waals surface area contributed by atoms with Gasteiger partial charge < -0.3 is 28.5 Å². The monoisotopic (exact) mass is 693 g/mol. The Labute approximate surface area is 298 Å². The lowest BCUT2D eigenvalue weighted by atomic mass is 10.1. The number of carboxylic acid groups (broad SMARTS) is 1. The van der Waals surface area contributed by atoms with Crippen LogP contribution in [0.4, 0.5) is 0 Å². The maximum absolute atomic E-state index is 12.6. The Morgan fingerprint density at radius 1 is 0.633 bits per heavy atom. The Morgan fingerprint density at radius 2 is 1.16 bits per heavy atom. The molecule has 0 aromatic carbocycles. The Balaban J connectivity index is 4.64. The third kappa shape index (κ3) is 33.5. The number of unbranched alkanes of at least 4 members (excludes halogenated alkanes) is 10. The van der Waals surface area contributed by atoms with Crippen LogP contribution in [0.15, 0.2) is 48.6 Å². The van der Waals surface area contributed by atoms with Gasteiger partial charge in [-0.3, -0.25) is 9.59 Å². The van der Waals surface area contributed by atoms with Crippen molar-refractivity contribution in [2.75, 3.05) is 47.5 Å². The number of carbonyl (C=O) groups excluding carboxylic acids is 2. The SMILES string of the molecule is CC/C=C\C/C=C\C/C=C\C/C=C\CCCCC(=O)OC(COC(=O)CCCCCCCCCCC)COC(OCC[N+](C)(C)C)C(=O)O. The summed E-state index contributed by atoms with van der Waals surface area (Å²) >= 11 is 0. The van der Waals surface area contributed by atoms with Gasteiger partial charge in [0.15, 0.2) is 6.10 Å². The molecule has 9 heteroatoms. The molecule has 0 aliphatic carbocycles. The number of hydrogen-bond acceptors (Lipinski definition) is 7. The first-order valence-corrected chi connectivity index (χ1v) is 18.8. The zero-order valence-corrected chi connectivity index (χ0v) is 31.6. The van der Waals surface area contributed by atoms with Gasteiger partial charge in [-0.15, -0.1) is 0 Å². The van der Waals surface area contributed by atoms with Crippen LogP contribution in [0.3, 0.4) is 0 Å². The quantitative estimate of drug-likeness (QED) is 0.0239. The Morgan fingerprint density at radius 3 is 1.73 bits per heavy atom. The van der Waals surface area contributed by atoms with E-state index in [1.807, 2.05) is 21.1 Å². The third-order valence-electron chi connectivity index (χ3n) is 7.60. The van der Waals surface area contributed by atoms with Gasteiger partial charge in [-0.1, -0.05) is 114 Å². The van der Waals surface area contributed by atoms with E-state index in [9.17, 15) is 19.5 Å². The van der Waals surface area contributed by atoms with E-state index in [1.165, 1.54) is 38.5 Å². The van der Waals surface area contributed by atoms with Crippen molar-refractivity contribution in [2.45, 2.75) is 142 Å². The molecule has 0 fully saturated rings. The summed E-state index contributed by atoms with van der Waals surface area (Å²) in [6.07, 6.45) is 31.8. The smallest absolute Gasteiger partial charge is 0.361 e. The maximum Gasteiger partial charge on any atom is 0.361 e. The van der Waals surface area contributed by atoms with E-state index in [1.54, 1.807) is 0 Å². The molecule has 0 rings (SSSR count). The molecule has 9 nitrogen and oxygen atoms in total. The molecule has 0 saturated heterocycles. The number of carbonyl (C=O) groups is 3. The molecule has 0 aliphatic rings. The van der Waals surface area contributed by atoms with Gasteiger partial charge in [0.1, 0.15) is 13.2 Å². The van der Waals surface area contributed by atoms with Gasteiger partial charge in [0.05, 0.1) is 34.4 Å². The van der Waals surface area contributed by atoms with Crippen molar-refractivity contribution >= 4 is 17.9 Å². The van der Waals surface area contributed by atoms with E-state index in [4.69, 9.17) is 18.9 Å². The summed E-state index contributed by atoms with van der Waals surface area (Å²) in [5.74, 6) is -2.08. The first kappa shape index (κ1) is 46.2. The maximum atomic E-state index is 12.6. The lowest BCUT2D eigenvalue weighted by Gasteiger charge is -2.25. The number of esters is 2. The van der Waals surface area contributed by atoms with Crippen LogP contribution >= 0.6 is 0 Å². The van der Waals surface area contributed by atoms with Crippen molar-refractivity contribution in [3.8, 4) is 0 Å². The van der Waals surface area contributed by atoms with Gasteiger partial charge in [-0.05, 0) is 51.4 Å². The first-order chi connectivity index (χ1) is 23.6. The second-order valence-corrected chi connectivity index (χ2v) is 13.5. The Kier molecular flexibility index (Phi) is 30.6. The molecule has 49 heavy (non-hydrogen) atoms. The molecule has 2 unspecified atom stereocenters. The minimum Gasteiger partial charge on any atom is -0.477 e. The predicted octanol–water partition coefficient (Wildman–Crippen LogP) is 8.88. The van der Waals surface area contributed by atoms with Crippen LogP contribution in [0.2, 0.25) is 0 Å². The largest absolute Gasteiger partial charge is 0.477 e. The van der Waals surface area contributed by atoms with E-state index < -0.39 is 24.3 Å². The summed E-state index contributed by atoms with van der Waals surface area (Å²) in [6, 6.07) is 0. The fourth-order valence-electron chi connectivity index (χ4n) is 4.65. The van der Waals surface area contributed by atoms with E-state index in [2.05, 4.69) is 62.5 Å².